The van der Waals surface area contributed by atoms with Gasteiger partial charge in [-0.1, -0.05) is 19.4 Å². The Labute approximate surface area is 168 Å². The Balaban J connectivity index is 1.38. The third-order valence-corrected chi connectivity index (χ3v) is 5.10. The zero-order valence-corrected chi connectivity index (χ0v) is 16.2. The highest BCUT2D eigenvalue weighted by atomic mass is 16.7. The molecule has 0 atom stereocenters. The average Bonchev–Trinajstić information content (AvgIpc) is 3.29. The van der Waals surface area contributed by atoms with Gasteiger partial charge in [-0.15, -0.1) is 0 Å². The van der Waals surface area contributed by atoms with Crippen LogP contribution in [0.1, 0.15) is 56.4 Å². The molecule has 2 aliphatic rings. The molecule has 3 amide bonds. The van der Waals surface area contributed by atoms with Crippen molar-refractivity contribution in [3.63, 3.8) is 0 Å². The van der Waals surface area contributed by atoms with Crippen molar-refractivity contribution in [2.75, 3.05) is 19.9 Å². The van der Waals surface area contributed by atoms with Crippen molar-refractivity contribution in [2.24, 2.45) is 0 Å². The molecule has 7 nitrogen and oxygen atoms in total. The van der Waals surface area contributed by atoms with Crippen LogP contribution in [0.4, 0.5) is 0 Å². The van der Waals surface area contributed by atoms with E-state index >= 15 is 0 Å². The van der Waals surface area contributed by atoms with Crippen LogP contribution in [-0.4, -0.2) is 42.5 Å². The maximum atomic E-state index is 12.5. The van der Waals surface area contributed by atoms with Gasteiger partial charge in [0.15, 0.2) is 11.5 Å². The largest absolute Gasteiger partial charge is 0.454 e. The van der Waals surface area contributed by atoms with Gasteiger partial charge in [0.2, 0.25) is 6.79 Å². The molecule has 0 aromatic heterocycles. The number of rotatable bonds is 7. The van der Waals surface area contributed by atoms with Crippen LogP contribution >= 0.6 is 0 Å². The fraction of sp³-hybridized carbons (Fsp3) is 0.318. The van der Waals surface area contributed by atoms with Crippen molar-refractivity contribution in [1.29, 1.82) is 0 Å². The van der Waals surface area contributed by atoms with Gasteiger partial charge >= 0.3 is 0 Å². The normalized spacial score (nSPS) is 14.3. The first-order valence-corrected chi connectivity index (χ1v) is 9.75. The summed E-state index contributed by atoms with van der Waals surface area (Å²) < 4.78 is 10.6. The molecular formula is C22H22N2O5. The smallest absolute Gasteiger partial charge is 0.261 e. The molecule has 2 heterocycles. The van der Waals surface area contributed by atoms with Crippen LogP contribution in [0.5, 0.6) is 11.5 Å². The zero-order chi connectivity index (χ0) is 20.4. The number of nitrogens with zero attached hydrogens (tertiary/aromatic N) is 1. The fourth-order valence-electron chi connectivity index (χ4n) is 3.47. The number of nitrogens with one attached hydrogen (secondary N) is 1. The molecule has 1 N–H and O–H groups in total. The van der Waals surface area contributed by atoms with Gasteiger partial charge < -0.3 is 14.8 Å². The van der Waals surface area contributed by atoms with Crippen molar-refractivity contribution in [3.8, 4) is 11.5 Å². The fourth-order valence-corrected chi connectivity index (χ4v) is 3.47. The van der Waals surface area contributed by atoms with E-state index in [1.54, 1.807) is 12.1 Å². The average molecular weight is 394 g/mol. The van der Waals surface area contributed by atoms with Crippen LogP contribution in [0.15, 0.2) is 36.4 Å². The van der Waals surface area contributed by atoms with Crippen LogP contribution in [0.25, 0.3) is 0 Å². The lowest BCUT2D eigenvalue weighted by molar-refractivity contribution is 0.0652. The van der Waals surface area contributed by atoms with Crippen molar-refractivity contribution in [2.45, 2.75) is 26.2 Å². The number of hydrogen-bond donors (Lipinski definition) is 1. The van der Waals surface area contributed by atoms with Crippen molar-refractivity contribution < 1.29 is 23.9 Å². The topological polar surface area (TPSA) is 84.9 Å². The molecule has 7 heteroatoms. The first-order valence-electron chi connectivity index (χ1n) is 9.75. The minimum absolute atomic E-state index is 0.227. The predicted octanol–water partition coefficient (Wildman–Crippen LogP) is 2.78. The van der Waals surface area contributed by atoms with Gasteiger partial charge in [0.05, 0.1) is 11.1 Å². The lowest BCUT2D eigenvalue weighted by Gasteiger charge is -2.12. The summed E-state index contributed by atoms with van der Waals surface area (Å²) in [4.78, 5) is 38.7. The third-order valence-electron chi connectivity index (χ3n) is 5.10. The van der Waals surface area contributed by atoms with Gasteiger partial charge in [-0.2, -0.15) is 0 Å². The van der Waals surface area contributed by atoms with Gasteiger partial charge in [-0.05, 0) is 48.7 Å². The van der Waals surface area contributed by atoms with Gasteiger partial charge in [-0.25, -0.2) is 0 Å². The molecule has 29 heavy (non-hydrogen) atoms. The lowest BCUT2D eigenvalue weighted by Crippen LogP contribution is -2.30. The molecule has 0 fully saturated rings. The number of benzene rings is 2. The Morgan fingerprint density at radius 2 is 1.83 bits per heavy atom. The van der Waals surface area contributed by atoms with E-state index in [-0.39, 0.29) is 24.5 Å². The third kappa shape index (κ3) is 3.68. The maximum Gasteiger partial charge on any atom is 0.261 e. The summed E-state index contributed by atoms with van der Waals surface area (Å²) >= 11 is 0. The second-order valence-electron chi connectivity index (χ2n) is 7.07. The number of unbranched alkanes of at least 4 members (excludes halogenated alkanes) is 1. The summed E-state index contributed by atoms with van der Waals surface area (Å²) in [5.41, 5.74) is 2.06. The van der Waals surface area contributed by atoms with Crippen molar-refractivity contribution in [3.05, 3.63) is 58.7 Å². The maximum absolute atomic E-state index is 12.5. The summed E-state index contributed by atoms with van der Waals surface area (Å²) in [5, 5.41) is 2.86. The molecule has 4 rings (SSSR count). The lowest BCUT2D eigenvalue weighted by atomic mass is 10.1. The summed E-state index contributed by atoms with van der Waals surface area (Å²) in [5.74, 6) is 0.550. The van der Waals surface area contributed by atoms with Gasteiger partial charge in [-0.3, -0.25) is 19.3 Å². The van der Waals surface area contributed by atoms with Crippen LogP contribution < -0.4 is 14.8 Å². The molecule has 0 radical (unpaired) electrons. The second kappa shape index (κ2) is 7.95. The number of fused-ring (bicyclic) bond motifs is 2. The molecule has 0 bridgehead atoms. The Hall–Kier alpha value is -3.35. The Morgan fingerprint density at radius 1 is 1.03 bits per heavy atom. The highest BCUT2D eigenvalue weighted by Gasteiger charge is 2.35. The number of ether oxygens (including phenoxy) is 2. The van der Waals surface area contributed by atoms with E-state index in [1.165, 1.54) is 11.0 Å². The molecule has 0 spiro atoms. The molecule has 2 aromatic rings. The van der Waals surface area contributed by atoms with E-state index in [1.807, 2.05) is 25.1 Å². The molecule has 0 saturated carbocycles. The van der Waals surface area contributed by atoms with Gasteiger partial charge in [0.1, 0.15) is 0 Å². The first kappa shape index (κ1) is 19.0. The SMILES string of the molecule is CCCCN1C(=O)c2ccc(C(=O)NCCc3ccc4c(c3)OCO4)cc2C1=O. The summed E-state index contributed by atoms with van der Waals surface area (Å²) in [7, 11) is 0. The molecule has 0 unspecified atom stereocenters. The van der Waals surface area contributed by atoms with E-state index in [0.717, 1.165) is 24.2 Å². The number of amides is 3. The van der Waals surface area contributed by atoms with E-state index in [2.05, 4.69) is 5.32 Å². The first-order chi connectivity index (χ1) is 14.1. The van der Waals surface area contributed by atoms with Crippen LogP contribution in [0.2, 0.25) is 0 Å². The van der Waals surface area contributed by atoms with E-state index in [9.17, 15) is 14.4 Å². The van der Waals surface area contributed by atoms with E-state index in [4.69, 9.17) is 9.47 Å². The Morgan fingerprint density at radius 3 is 2.66 bits per heavy atom. The molecule has 2 aliphatic heterocycles. The number of carbonyl (C=O) groups excluding carboxylic acids is 3. The minimum atomic E-state index is -0.326. The molecular weight excluding hydrogens is 372 g/mol. The van der Waals surface area contributed by atoms with Crippen LogP contribution in [-0.2, 0) is 6.42 Å². The summed E-state index contributed by atoms with van der Waals surface area (Å²) in [6, 6.07) is 10.4. The van der Waals surface area contributed by atoms with Crippen molar-refractivity contribution >= 4 is 17.7 Å². The second-order valence-corrected chi connectivity index (χ2v) is 7.07. The van der Waals surface area contributed by atoms with Gasteiger partial charge in [0.25, 0.3) is 17.7 Å². The Kier molecular flexibility index (Phi) is 5.20. The van der Waals surface area contributed by atoms with Crippen LogP contribution in [0.3, 0.4) is 0 Å². The molecule has 0 saturated heterocycles. The summed E-state index contributed by atoms with van der Waals surface area (Å²) in [6.07, 6.45) is 2.29. The van der Waals surface area contributed by atoms with Crippen molar-refractivity contribution in [1.82, 2.24) is 10.2 Å². The predicted molar refractivity (Wildman–Crippen MR) is 105 cm³/mol. The highest BCUT2D eigenvalue weighted by Crippen LogP contribution is 2.32. The molecule has 150 valence electrons. The number of imide groups is 1. The molecule has 2 aromatic carbocycles. The monoisotopic (exact) mass is 394 g/mol. The van der Waals surface area contributed by atoms with E-state index < -0.39 is 0 Å². The number of carbonyl (C=O) groups is 3. The van der Waals surface area contributed by atoms with Crippen LogP contribution in [0, 0.1) is 0 Å². The minimum Gasteiger partial charge on any atom is -0.454 e. The highest BCUT2D eigenvalue weighted by molar-refractivity contribution is 6.22. The quantitative estimate of drug-likeness (QED) is 0.730. The van der Waals surface area contributed by atoms with Gasteiger partial charge in [0, 0.05) is 18.7 Å². The Bertz CT molecular complexity index is 985. The molecule has 0 aliphatic carbocycles. The number of hydrogen-bond acceptors (Lipinski definition) is 5. The zero-order valence-electron chi connectivity index (χ0n) is 16.2. The summed E-state index contributed by atoms with van der Waals surface area (Å²) in [6.45, 7) is 3.07. The standard InChI is InChI=1S/C22H22N2O5/c1-2-3-10-24-21(26)16-6-5-15(12-17(16)22(24)27)20(25)23-9-8-14-4-7-18-19(11-14)29-13-28-18/h4-7,11-12H,2-3,8-10,13H2,1H3,(H,23,25). The van der Waals surface area contributed by atoms with E-state index in [0.29, 0.717) is 42.0 Å².